The normalized spacial score (nSPS) is 19.1. The summed E-state index contributed by atoms with van der Waals surface area (Å²) in [6.45, 7) is 6.20. The van der Waals surface area contributed by atoms with Gasteiger partial charge in [-0.2, -0.15) is 4.80 Å². The van der Waals surface area contributed by atoms with Crippen LogP contribution in [0.3, 0.4) is 0 Å². The SMILES string of the molecule is Cn1nnc(CC(=O)C2COCCN2C(=O)OC(C)(C)C)n1. The van der Waals surface area contributed by atoms with Crippen molar-refractivity contribution < 1.29 is 19.1 Å². The fourth-order valence-electron chi connectivity index (χ4n) is 2.08. The molecule has 0 saturated carbocycles. The number of tetrazole rings is 1. The molecule has 0 aromatic carbocycles. The van der Waals surface area contributed by atoms with Crippen LogP contribution in [0.25, 0.3) is 0 Å². The third-order valence-corrected chi connectivity index (χ3v) is 3.01. The van der Waals surface area contributed by atoms with E-state index in [1.54, 1.807) is 27.8 Å². The Hall–Kier alpha value is -2.03. The van der Waals surface area contributed by atoms with Crippen LogP contribution in [-0.4, -0.2) is 68.4 Å². The molecule has 122 valence electrons. The van der Waals surface area contributed by atoms with Gasteiger partial charge in [-0.25, -0.2) is 4.79 Å². The molecule has 9 heteroatoms. The smallest absolute Gasteiger partial charge is 0.411 e. The van der Waals surface area contributed by atoms with Crippen LogP contribution in [0.4, 0.5) is 4.79 Å². The Morgan fingerprint density at radius 1 is 1.41 bits per heavy atom. The summed E-state index contributed by atoms with van der Waals surface area (Å²) in [4.78, 5) is 27.3. The zero-order chi connectivity index (χ0) is 16.3. The topological polar surface area (TPSA) is 99.4 Å². The number of rotatable bonds is 3. The summed E-state index contributed by atoms with van der Waals surface area (Å²) in [7, 11) is 1.62. The van der Waals surface area contributed by atoms with E-state index in [-0.39, 0.29) is 18.8 Å². The lowest BCUT2D eigenvalue weighted by atomic mass is 10.1. The van der Waals surface area contributed by atoms with Crippen molar-refractivity contribution in [3.63, 3.8) is 0 Å². The lowest BCUT2D eigenvalue weighted by Gasteiger charge is -2.35. The molecule has 1 aromatic rings. The van der Waals surface area contributed by atoms with Crippen molar-refractivity contribution in [1.82, 2.24) is 25.1 Å². The molecule has 1 unspecified atom stereocenters. The number of carbonyl (C=O) groups excluding carboxylic acids is 2. The number of Topliss-reactive ketones (excluding diaryl/α,β-unsaturated/α-hetero) is 1. The molecule has 1 aliphatic heterocycles. The Morgan fingerprint density at radius 3 is 2.73 bits per heavy atom. The Morgan fingerprint density at radius 2 is 2.14 bits per heavy atom. The third kappa shape index (κ3) is 4.23. The van der Waals surface area contributed by atoms with Crippen LogP contribution in [-0.2, 0) is 27.7 Å². The molecule has 0 aliphatic carbocycles. The number of ketones is 1. The van der Waals surface area contributed by atoms with Crippen LogP contribution in [0.5, 0.6) is 0 Å². The van der Waals surface area contributed by atoms with E-state index in [9.17, 15) is 9.59 Å². The van der Waals surface area contributed by atoms with E-state index >= 15 is 0 Å². The van der Waals surface area contributed by atoms with Crippen LogP contribution in [0.15, 0.2) is 0 Å². The number of carbonyl (C=O) groups is 2. The lowest BCUT2D eigenvalue weighted by Crippen LogP contribution is -2.54. The molecular weight excluding hydrogens is 290 g/mol. The van der Waals surface area contributed by atoms with Gasteiger partial charge in [0.1, 0.15) is 11.6 Å². The maximum Gasteiger partial charge on any atom is 0.411 e. The molecule has 0 radical (unpaired) electrons. The summed E-state index contributed by atoms with van der Waals surface area (Å²) in [5.41, 5.74) is -0.616. The first-order chi connectivity index (χ1) is 10.3. The second kappa shape index (κ2) is 6.39. The molecule has 1 atom stereocenters. The first-order valence-electron chi connectivity index (χ1n) is 7.09. The zero-order valence-electron chi connectivity index (χ0n) is 13.3. The monoisotopic (exact) mass is 311 g/mol. The standard InChI is InChI=1S/C13H21N5O4/c1-13(2,3)22-12(20)18-5-6-21-8-9(18)10(19)7-11-14-16-17(4)15-11/h9H,5-8H2,1-4H3. The van der Waals surface area contributed by atoms with Crippen molar-refractivity contribution in [2.24, 2.45) is 7.05 Å². The van der Waals surface area contributed by atoms with Gasteiger partial charge < -0.3 is 9.47 Å². The molecule has 0 bridgehead atoms. The molecule has 1 saturated heterocycles. The van der Waals surface area contributed by atoms with Crippen molar-refractivity contribution in [3.05, 3.63) is 5.82 Å². The van der Waals surface area contributed by atoms with Crippen molar-refractivity contribution in [2.45, 2.75) is 38.8 Å². The fourth-order valence-corrected chi connectivity index (χ4v) is 2.08. The molecule has 1 fully saturated rings. The minimum Gasteiger partial charge on any atom is -0.444 e. The molecule has 0 spiro atoms. The number of amides is 1. The Labute approximate surface area is 128 Å². The van der Waals surface area contributed by atoms with E-state index in [4.69, 9.17) is 9.47 Å². The van der Waals surface area contributed by atoms with Crippen molar-refractivity contribution in [3.8, 4) is 0 Å². The average molecular weight is 311 g/mol. The second-order valence-corrected chi connectivity index (χ2v) is 6.10. The van der Waals surface area contributed by atoms with Crippen LogP contribution in [0.1, 0.15) is 26.6 Å². The van der Waals surface area contributed by atoms with Crippen molar-refractivity contribution in [2.75, 3.05) is 19.8 Å². The Balaban J connectivity index is 2.05. The average Bonchev–Trinajstić information content (AvgIpc) is 2.82. The van der Waals surface area contributed by atoms with Gasteiger partial charge in [-0.05, 0) is 26.0 Å². The summed E-state index contributed by atoms with van der Waals surface area (Å²) in [6.07, 6.45) is -0.512. The second-order valence-electron chi connectivity index (χ2n) is 6.10. The van der Waals surface area contributed by atoms with E-state index in [1.807, 2.05) is 0 Å². The van der Waals surface area contributed by atoms with E-state index in [2.05, 4.69) is 15.4 Å². The van der Waals surface area contributed by atoms with Crippen LogP contribution >= 0.6 is 0 Å². The molecule has 0 N–H and O–H groups in total. The van der Waals surface area contributed by atoms with E-state index in [1.165, 1.54) is 9.70 Å². The van der Waals surface area contributed by atoms with E-state index in [0.717, 1.165) is 0 Å². The van der Waals surface area contributed by atoms with Gasteiger partial charge in [0.15, 0.2) is 11.6 Å². The predicted molar refractivity (Wildman–Crippen MR) is 75.1 cm³/mol. The maximum atomic E-state index is 12.4. The molecule has 2 rings (SSSR count). The van der Waals surface area contributed by atoms with Crippen LogP contribution < -0.4 is 0 Å². The quantitative estimate of drug-likeness (QED) is 0.772. The summed E-state index contributed by atoms with van der Waals surface area (Å²) < 4.78 is 10.7. The summed E-state index contributed by atoms with van der Waals surface area (Å²) in [5, 5.41) is 11.4. The molecule has 22 heavy (non-hydrogen) atoms. The minimum atomic E-state index is -0.688. The number of ether oxygens (including phenoxy) is 2. The highest BCUT2D eigenvalue weighted by Crippen LogP contribution is 2.16. The number of aryl methyl sites for hydroxylation is 1. The van der Waals surface area contributed by atoms with Gasteiger partial charge >= 0.3 is 6.09 Å². The number of hydrogen-bond acceptors (Lipinski definition) is 7. The Bertz CT molecular complexity index is 551. The molecule has 1 aromatic heterocycles. The van der Waals surface area contributed by atoms with E-state index < -0.39 is 17.7 Å². The predicted octanol–water partition coefficient (Wildman–Crippen LogP) is -0.0424. The summed E-state index contributed by atoms with van der Waals surface area (Å²) in [5.74, 6) is 0.126. The first-order valence-corrected chi connectivity index (χ1v) is 7.09. The fraction of sp³-hybridized carbons (Fsp3) is 0.769. The number of aromatic nitrogens is 4. The highest BCUT2D eigenvalue weighted by atomic mass is 16.6. The maximum absolute atomic E-state index is 12.4. The highest BCUT2D eigenvalue weighted by molar-refractivity contribution is 5.88. The van der Waals surface area contributed by atoms with Crippen molar-refractivity contribution >= 4 is 11.9 Å². The van der Waals surface area contributed by atoms with Crippen molar-refractivity contribution in [1.29, 1.82) is 0 Å². The number of morpholine rings is 1. The Kier molecular flexibility index (Phi) is 4.74. The summed E-state index contributed by atoms with van der Waals surface area (Å²) in [6, 6.07) is -0.688. The van der Waals surface area contributed by atoms with Crippen LogP contribution in [0.2, 0.25) is 0 Å². The zero-order valence-corrected chi connectivity index (χ0v) is 13.3. The first kappa shape index (κ1) is 16.3. The molecular formula is C13H21N5O4. The molecule has 1 aliphatic rings. The van der Waals surface area contributed by atoms with Gasteiger partial charge in [-0.1, -0.05) is 0 Å². The van der Waals surface area contributed by atoms with Gasteiger partial charge in [-0.15, -0.1) is 10.2 Å². The highest BCUT2D eigenvalue weighted by Gasteiger charge is 2.35. The summed E-state index contributed by atoms with van der Waals surface area (Å²) >= 11 is 0. The van der Waals surface area contributed by atoms with E-state index in [0.29, 0.717) is 19.0 Å². The van der Waals surface area contributed by atoms with Gasteiger partial charge in [0.2, 0.25) is 0 Å². The van der Waals surface area contributed by atoms with Gasteiger partial charge in [0.05, 0.1) is 26.7 Å². The number of hydrogen-bond donors (Lipinski definition) is 0. The molecule has 9 nitrogen and oxygen atoms in total. The largest absolute Gasteiger partial charge is 0.444 e. The van der Waals surface area contributed by atoms with Crippen LogP contribution in [0, 0.1) is 0 Å². The molecule has 1 amide bonds. The van der Waals surface area contributed by atoms with Gasteiger partial charge in [-0.3, -0.25) is 9.69 Å². The minimum absolute atomic E-state index is 0.00116. The third-order valence-electron chi connectivity index (χ3n) is 3.01. The number of nitrogens with zero attached hydrogens (tertiary/aromatic N) is 5. The van der Waals surface area contributed by atoms with Gasteiger partial charge in [0.25, 0.3) is 0 Å². The lowest BCUT2D eigenvalue weighted by molar-refractivity contribution is -0.129. The molecule has 2 heterocycles. The van der Waals surface area contributed by atoms with Gasteiger partial charge in [0, 0.05) is 6.54 Å².